The summed E-state index contributed by atoms with van der Waals surface area (Å²) in [6, 6.07) is 1.94. The summed E-state index contributed by atoms with van der Waals surface area (Å²) in [6.07, 6.45) is 5.01. The molecule has 1 heterocycles. The van der Waals surface area contributed by atoms with Crippen LogP contribution in [0.15, 0.2) is 21.2 Å². The monoisotopic (exact) mass is 294 g/mol. The molecule has 0 saturated carbocycles. The minimum Gasteiger partial charge on any atom is -0.468 e. The van der Waals surface area contributed by atoms with Crippen molar-refractivity contribution in [2.45, 2.75) is 31.0 Å². The molecule has 1 atom stereocenters. The van der Waals surface area contributed by atoms with E-state index in [1.807, 2.05) is 6.07 Å². The van der Waals surface area contributed by atoms with Crippen molar-refractivity contribution in [3.8, 4) is 0 Å². The molecule has 0 radical (unpaired) electrons. The SMILES string of the molecule is CCC(Br)CCc1occc1Br. The summed E-state index contributed by atoms with van der Waals surface area (Å²) >= 11 is 7.02. The lowest BCUT2D eigenvalue weighted by atomic mass is 10.2. The molecular weight excluding hydrogens is 284 g/mol. The van der Waals surface area contributed by atoms with Gasteiger partial charge in [-0.25, -0.2) is 0 Å². The maximum absolute atomic E-state index is 5.29. The van der Waals surface area contributed by atoms with Crippen molar-refractivity contribution in [2.75, 3.05) is 0 Å². The molecule has 0 aliphatic heterocycles. The number of hydrogen-bond acceptors (Lipinski definition) is 1. The zero-order valence-corrected chi connectivity index (χ0v) is 10.2. The van der Waals surface area contributed by atoms with Crippen molar-refractivity contribution in [3.05, 3.63) is 22.6 Å². The molecule has 3 heteroatoms. The van der Waals surface area contributed by atoms with E-state index < -0.39 is 0 Å². The van der Waals surface area contributed by atoms with Gasteiger partial charge < -0.3 is 4.42 Å². The fraction of sp³-hybridized carbons (Fsp3) is 0.556. The summed E-state index contributed by atoms with van der Waals surface area (Å²) in [7, 11) is 0. The smallest absolute Gasteiger partial charge is 0.117 e. The Morgan fingerprint density at radius 2 is 2.33 bits per heavy atom. The zero-order chi connectivity index (χ0) is 8.97. The highest BCUT2D eigenvalue weighted by Crippen LogP contribution is 2.21. The molecule has 0 aromatic carbocycles. The Hall–Kier alpha value is 0.240. The van der Waals surface area contributed by atoms with E-state index in [1.165, 1.54) is 6.42 Å². The molecule has 1 aromatic heterocycles. The normalized spacial score (nSPS) is 13.2. The van der Waals surface area contributed by atoms with Crippen LogP contribution in [0.4, 0.5) is 0 Å². The van der Waals surface area contributed by atoms with E-state index >= 15 is 0 Å². The van der Waals surface area contributed by atoms with Gasteiger partial charge >= 0.3 is 0 Å². The molecule has 0 saturated heterocycles. The van der Waals surface area contributed by atoms with Crippen molar-refractivity contribution in [1.29, 1.82) is 0 Å². The number of hydrogen-bond donors (Lipinski definition) is 0. The van der Waals surface area contributed by atoms with Gasteiger partial charge in [-0.2, -0.15) is 0 Å². The zero-order valence-electron chi connectivity index (χ0n) is 7.02. The van der Waals surface area contributed by atoms with Crippen LogP contribution < -0.4 is 0 Å². The van der Waals surface area contributed by atoms with Crippen LogP contribution in [0.2, 0.25) is 0 Å². The van der Waals surface area contributed by atoms with Crippen LogP contribution in [0.5, 0.6) is 0 Å². The van der Waals surface area contributed by atoms with Gasteiger partial charge in [0, 0.05) is 11.2 Å². The topological polar surface area (TPSA) is 13.1 Å². The molecule has 0 aliphatic rings. The quantitative estimate of drug-likeness (QED) is 0.761. The van der Waals surface area contributed by atoms with Gasteiger partial charge in [0.2, 0.25) is 0 Å². The van der Waals surface area contributed by atoms with Gasteiger partial charge in [0.05, 0.1) is 10.7 Å². The summed E-state index contributed by atoms with van der Waals surface area (Å²) in [5.41, 5.74) is 0. The molecule has 0 aliphatic carbocycles. The highest BCUT2D eigenvalue weighted by molar-refractivity contribution is 9.10. The van der Waals surface area contributed by atoms with Gasteiger partial charge in [-0.15, -0.1) is 0 Å². The lowest BCUT2D eigenvalue weighted by molar-refractivity contribution is 0.497. The average Bonchev–Trinajstić information content (AvgIpc) is 2.47. The molecule has 1 aromatic rings. The summed E-state index contributed by atoms with van der Waals surface area (Å²) in [5.74, 6) is 1.05. The summed E-state index contributed by atoms with van der Waals surface area (Å²) in [6.45, 7) is 2.18. The Labute approximate surface area is 89.8 Å². The Morgan fingerprint density at radius 3 is 2.83 bits per heavy atom. The van der Waals surface area contributed by atoms with Crippen molar-refractivity contribution >= 4 is 31.9 Å². The highest BCUT2D eigenvalue weighted by Gasteiger charge is 2.06. The second kappa shape index (κ2) is 5.07. The Kier molecular flexibility index (Phi) is 4.36. The van der Waals surface area contributed by atoms with E-state index in [2.05, 4.69) is 38.8 Å². The van der Waals surface area contributed by atoms with Crippen LogP contribution in [-0.4, -0.2) is 4.83 Å². The predicted molar refractivity (Wildman–Crippen MR) is 57.7 cm³/mol. The summed E-state index contributed by atoms with van der Waals surface area (Å²) < 4.78 is 6.37. The molecule has 0 fully saturated rings. The minimum absolute atomic E-state index is 0.606. The molecule has 1 nitrogen and oxygen atoms in total. The fourth-order valence-corrected chi connectivity index (χ4v) is 1.62. The van der Waals surface area contributed by atoms with E-state index in [0.29, 0.717) is 4.83 Å². The third-order valence-corrected chi connectivity index (χ3v) is 3.63. The molecule has 0 bridgehead atoms. The Bertz CT molecular complexity index is 232. The summed E-state index contributed by atoms with van der Waals surface area (Å²) in [5, 5.41) is 0. The van der Waals surface area contributed by atoms with E-state index in [-0.39, 0.29) is 0 Å². The van der Waals surface area contributed by atoms with Crippen molar-refractivity contribution in [2.24, 2.45) is 0 Å². The number of aryl methyl sites for hydroxylation is 1. The molecule has 12 heavy (non-hydrogen) atoms. The van der Waals surface area contributed by atoms with Gasteiger partial charge in [0.25, 0.3) is 0 Å². The second-order valence-corrected chi connectivity index (χ2v) is 4.89. The largest absolute Gasteiger partial charge is 0.468 e. The maximum atomic E-state index is 5.29. The molecule has 68 valence electrons. The molecule has 0 N–H and O–H groups in total. The first kappa shape index (κ1) is 10.3. The number of alkyl halides is 1. The van der Waals surface area contributed by atoms with Crippen LogP contribution in [0.25, 0.3) is 0 Å². The maximum Gasteiger partial charge on any atom is 0.117 e. The van der Waals surface area contributed by atoms with Gasteiger partial charge in [0.1, 0.15) is 5.76 Å². The average molecular weight is 296 g/mol. The molecule has 1 unspecified atom stereocenters. The van der Waals surface area contributed by atoms with E-state index in [0.717, 1.165) is 23.1 Å². The molecule has 1 rings (SSSR count). The van der Waals surface area contributed by atoms with E-state index in [9.17, 15) is 0 Å². The predicted octanol–water partition coefficient (Wildman–Crippen LogP) is 4.15. The van der Waals surface area contributed by atoms with Gasteiger partial charge in [0.15, 0.2) is 0 Å². The van der Waals surface area contributed by atoms with Crippen LogP contribution in [0.3, 0.4) is 0 Å². The van der Waals surface area contributed by atoms with Crippen LogP contribution in [0, 0.1) is 0 Å². The number of furan rings is 1. The first-order chi connectivity index (χ1) is 5.74. The Morgan fingerprint density at radius 1 is 1.58 bits per heavy atom. The van der Waals surface area contributed by atoms with E-state index in [1.54, 1.807) is 6.26 Å². The van der Waals surface area contributed by atoms with Gasteiger partial charge in [-0.3, -0.25) is 0 Å². The minimum atomic E-state index is 0.606. The van der Waals surface area contributed by atoms with Gasteiger partial charge in [-0.1, -0.05) is 22.9 Å². The van der Waals surface area contributed by atoms with Crippen LogP contribution in [0.1, 0.15) is 25.5 Å². The Balaban J connectivity index is 2.38. The lowest BCUT2D eigenvalue weighted by Gasteiger charge is -2.03. The van der Waals surface area contributed by atoms with Crippen molar-refractivity contribution in [3.63, 3.8) is 0 Å². The second-order valence-electron chi connectivity index (χ2n) is 2.74. The standard InChI is InChI=1S/C9H12Br2O/c1-2-7(10)3-4-9-8(11)5-6-12-9/h5-7H,2-4H2,1H3. The first-order valence-corrected chi connectivity index (χ1v) is 5.80. The fourth-order valence-electron chi connectivity index (χ4n) is 0.995. The lowest BCUT2D eigenvalue weighted by Crippen LogP contribution is -1.97. The third-order valence-electron chi connectivity index (χ3n) is 1.82. The third kappa shape index (κ3) is 2.94. The van der Waals surface area contributed by atoms with Crippen LogP contribution >= 0.6 is 31.9 Å². The van der Waals surface area contributed by atoms with Crippen molar-refractivity contribution < 1.29 is 4.42 Å². The van der Waals surface area contributed by atoms with Crippen LogP contribution in [-0.2, 0) is 6.42 Å². The highest BCUT2D eigenvalue weighted by atomic mass is 79.9. The van der Waals surface area contributed by atoms with Gasteiger partial charge in [-0.05, 0) is 34.8 Å². The first-order valence-electron chi connectivity index (χ1n) is 4.10. The molecule has 0 spiro atoms. The van der Waals surface area contributed by atoms with Crippen molar-refractivity contribution in [1.82, 2.24) is 0 Å². The number of halogens is 2. The summed E-state index contributed by atoms with van der Waals surface area (Å²) in [4.78, 5) is 0.606. The van der Waals surface area contributed by atoms with E-state index in [4.69, 9.17) is 4.42 Å². The molecular formula is C9H12Br2O. The molecule has 0 amide bonds. The number of rotatable bonds is 4.